The topological polar surface area (TPSA) is 126 Å². The van der Waals surface area contributed by atoms with E-state index in [9.17, 15) is 17.9 Å². The minimum atomic E-state index is -4.10. The van der Waals surface area contributed by atoms with Crippen molar-refractivity contribution in [3.05, 3.63) is 78.1 Å². The van der Waals surface area contributed by atoms with Crippen molar-refractivity contribution in [3.8, 4) is 11.6 Å². The number of hydrogen-bond donors (Lipinski definition) is 4. The van der Waals surface area contributed by atoms with E-state index in [0.717, 1.165) is 17.0 Å². The van der Waals surface area contributed by atoms with Crippen LogP contribution in [0.25, 0.3) is 10.9 Å². The van der Waals surface area contributed by atoms with E-state index < -0.39 is 26.8 Å². The molecule has 0 aliphatic carbocycles. The first-order valence-corrected chi connectivity index (χ1v) is 12.3. The van der Waals surface area contributed by atoms with Gasteiger partial charge in [-0.15, -0.1) is 5.10 Å². The molecule has 0 amide bonds. The van der Waals surface area contributed by atoms with Crippen LogP contribution in [0.3, 0.4) is 0 Å². The number of nitrogens with one attached hydrogen (secondary N) is 3. The zero-order valence-electron chi connectivity index (χ0n) is 18.9. The Morgan fingerprint density at radius 2 is 1.94 bits per heavy atom. The lowest BCUT2D eigenvalue weighted by molar-refractivity contribution is 0.172. The van der Waals surface area contributed by atoms with Gasteiger partial charge in [-0.25, -0.2) is 12.8 Å². The standard InChI is InChI=1S/C24H25FN4O5S/c1-33-24-19-10-9-18(14-21(19)27-28-24)34-12-11-26-15-22(30)16-5-4-6-17(13-16)29-35(31,32)23-8-3-2-7-20(23)25/h2-10,13-14,22,26,29-30H,11-12,15H2,1H3,(H,27,28). The van der Waals surface area contributed by atoms with Crippen molar-refractivity contribution < 1.29 is 27.4 Å². The van der Waals surface area contributed by atoms with Crippen molar-refractivity contribution >= 4 is 26.6 Å². The van der Waals surface area contributed by atoms with Crippen molar-refractivity contribution in [3.63, 3.8) is 0 Å². The molecule has 4 aromatic rings. The Morgan fingerprint density at radius 3 is 2.74 bits per heavy atom. The summed E-state index contributed by atoms with van der Waals surface area (Å²) in [5, 5.41) is 21.4. The van der Waals surface area contributed by atoms with Crippen LogP contribution in [0.4, 0.5) is 10.1 Å². The van der Waals surface area contributed by atoms with E-state index >= 15 is 0 Å². The summed E-state index contributed by atoms with van der Waals surface area (Å²) < 4.78 is 52.2. The third-order valence-electron chi connectivity index (χ3n) is 5.23. The first-order chi connectivity index (χ1) is 16.9. The summed E-state index contributed by atoms with van der Waals surface area (Å²) in [5.74, 6) is 0.346. The first kappa shape index (κ1) is 24.5. The lowest BCUT2D eigenvalue weighted by atomic mass is 10.1. The van der Waals surface area contributed by atoms with Crippen LogP contribution in [0, 0.1) is 5.82 Å². The van der Waals surface area contributed by atoms with E-state index in [2.05, 4.69) is 20.2 Å². The largest absolute Gasteiger partial charge is 0.492 e. The van der Waals surface area contributed by atoms with Crippen LogP contribution in [0.2, 0.25) is 0 Å². The lowest BCUT2D eigenvalue weighted by Crippen LogP contribution is -2.26. The Kier molecular flexibility index (Phi) is 7.49. The fourth-order valence-corrected chi connectivity index (χ4v) is 4.63. The van der Waals surface area contributed by atoms with Crippen LogP contribution < -0.4 is 19.5 Å². The molecule has 4 rings (SSSR count). The number of nitrogens with zero attached hydrogens (tertiary/aromatic N) is 1. The Morgan fingerprint density at radius 1 is 1.11 bits per heavy atom. The van der Waals surface area contributed by atoms with E-state index in [1.165, 1.54) is 30.3 Å². The van der Waals surface area contributed by atoms with Gasteiger partial charge in [-0.1, -0.05) is 24.3 Å². The van der Waals surface area contributed by atoms with Crippen LogP contribution in [0.5, 0.6) is 11.6 Å². The Bertz CT molecular complexity index is 1410. The second kappa shape index (κ2) is 10.7. The minimum Gasteiger partial charge on any atom is -0.492 e. The molecule has 0 fully saturated rings. The van der Waals surface area contributed by atoms with Gasteiger partial charge in [-0.2, -0.15) is 0 Å². The summed E-state index contributed by atoms with van der Waals surface area (Å²) in [6.45, 7) is 1.07. The molecule has 11 heteroatoms. The number of halogens is 1. The maximum atomic E-state index is 13.9. The van der Waals surface area contributed by atoms with E-state index in [4.69, 9.17) is 9.47 Å². The van der Waals surface area contributed by atoms with Gasteiger partial charge in [0.1, 0.15) is 23.1 Å². The molecule has 184 valence electrons. The molecule has 0 saturated carbocycles. The molecular formula is C24H25FN4O5S. The molecule has 9 nitrogen and oxygen atoms in total. The Labute approximate surface area is 201 Å². The normalized spacial score (nSPS) is 12.4. The number of benzene rings is 3. The number of fused-ring (bicyclic) bond motifs is 1. The van der Waals surface area contributed by atoms with E-state index in [1.54, 1.807) is 19.2 Å². The van der Waals surface area contributed by atoms with Gasteiger partial charge in [-0.3, -0.25) is 9.82 Å². The third kappa shape index (κ3) is 5.88. The number of aliphatic hydroxyl groups excluding tert-OH is 1. The SMILES string of the molecule is COc1n[nH]c2cc(OCCNCC(O)c3cccc(NS(=O)(=O)c4ccccc4F)c3)ccc12. The van der Waals surface area contributed by atoms with E-state index in [-0.39, 0.29) is 12.2 Å². The fraction of sp³-hybridized carbons (Fsp3) is 0.208. The summed E-state index contributed by atoms with van der Waals surface area (Å²) >= 11 is 0. The number of ether oxygens (including phenoxy) is 2. The van der Waals surface area contributed by atoms with Crippen LogP contribution >= 0.6 is 0 Å². The lowest BCUT2D eigenvalue weighted by Gasteiger charge is -2.15. The van der Waals surface area contributed by atoms with Gasteiger partial charge in [0.05, 0.1) is 24.1 Å². The molecule has 3 aromatic carbocycles. The number of aliphatic hydroxyl groups is 1. The molecule has 0 saturated heterocycles. The number of aromatic amines is 1. The number of aromatic nitrogens is 2. The zero-order chi connectivity index (χ0) is 24.8. The van der Waals surface area contributed by atoms with Crippen molar-refractivity contribution in [1.29, 1.82) is 0 Å². The molecule has 1 atom stereocenters. The highest BCUT2D eigenvalue weighted by Gasteiger charge is 2.19. The number of sulfonamides is 1. The van der Waals surface area contributed by atoms with E-state index in [1.807, 2.05) is 18.2 Å². The highest BCUT2D eigenvalue weighted by molar-refractivity contribution is 7.92. The maximum Gasteiger partial charge on any atom is 0.264 e. The van der Waals surface area contributed by atoms with Gasteiger partial charge in [-0.05, 0) is 42.0 Å². The highest BCUT2D eigenvalue weighted by Crippen LogP contribution is 2.26. The number of hydrogen-bond acceptors (Lipinski definition) is 7. The van der Waals surface area contributed by atoms with Crippen LogP contribution in [0.1, 0.15) is 11.7 Å². The number of anilines is 1. The first-order valence-electron chi connectivity index (χ1n) is 10.8. The average molecular weight is 501 g/mol. The maximum absolute atomic E-state index is 13.9. The fourth-order valence-electron chi connectivity index (χ4n) is 3.50. The molecule has 0 spiro atoms. The minimum absolute atomic E-state index is 0.221. The molecule has 0 bridgehead atoms. The van der Waals surface area contributed by atoms with Crippen molar-refractivity contribution in [2.24, 2.45) is 0 Å². The number of methoxy groups -OCH3 is 1. The molecule has 4 N–H and O–H groups in total. The predicted molar refractivity (Wildman–Crippen MR) is 130 cm³/mol. The molecule has 1 aromatic heterocycles. The number of H-pyrrole nitrogens is 1. The van der Waals surface area contributed by atoms with Crippen LogP contribution in [-0.2, 0) is 10.0 Å². The molecule has 35 heavy (non-hydrogen) atoms. The molecule has 0 aliphatic rings. The van der Waals surface area contributed by atoms with Gasteiger partial charge in [0.2, 0.25) is 5.88 Å². The van der Waals surface area contributed by atoms with Gasteiger partial charge in [0.15, 0.2) is 0 Å². The quantitative estimate of drug-likeness (QED) is 0.233. The average Bonchev–Trinajstić information content (AvgIpc) is 3.26. The van der Waals surface area contributed by atoms with Crippen LogP contribution in [-0.4, -0.2) is 50.5 Å². The summed E-state index contributed by atoms with van der Waals surface area (Å²) in [7, 11) is -2.55. The van der Waals surface area contributed by atoms with Gasteiger partial charge in [0.25, 0.3) is 10.0 Å². The van der Waals surface area contributed by atoms with Crippen molar-refractivity contribution in [1.82, 2.24) is 15.5 Å². The van der Waals surface area contributed by atoms with Gasteiger partial charge in [0, 0.05) is 24.8 Å². The predicted octanol–water partition coefficient (Wildman–Crippen LogP) is 3.21. The molecule has 1 unspecified atom stereocenters. The molecular weight excluding hydrogens is 475 g/mol. The van der Waals surface area contributed by atoms with Crippen LogP contribution in [0.15, 0.2) is 71.6 Å². The summed E-state index contributed by atoms with van der Waals surface area (Å²) in [4.78, 5) is -0.446. The number of rotatable bonds is 11. The van der Waals surface area contributed by atoms with Crippen molar-refractivity contribution in [2.75, 3.05) is 31.5 Å². The summed E-state index contributed by atoms with van der Waals surface area (Å²) in [6, 6.07) is 17.0. The third-order valence-corrected chi connectivity index (χ3v) is 6.64. The summed E-state index contributed by atoms with van der Waals surface area (Å²) in [5.41, 5.74) is 1.53. The van der Waals surface area contributed by atoms with Gasteiger partial charge < -0.3 is 19.9 Å². The second-order valence-corrected chi connectivity index (χ2v) is 9.32. The molecule has 1 heterocycles. The smallest absolute Gasteiger partial charge is 0.264 e. The molecule has 0 radical (unpaired) electrons. The van der Waals surface area contributed by atoms with E-state index in [0.29, 0.717) is 30.3 Å². The Hall–Kier alpha value is -3.67. The zero-order valence-corrected chi connectivity index (χ0v) is 19.7. The highest BCUT2D eigenvalue weighted by atomic mass is 32.2. The molecule has 0 aliphatic heterocycles. The Balaban J connectivity index is 1.27. The van der Waals surface area contributed by atoms with Crippen molar-refractivity contribution in [2.45, 2.75) is 11.0 Å². The van der Waals surface area contributed by atoms with Gasteiger partial charge >= 0.3 is 0 Å². The monoisotopic (exact) mass is 500 g/mol. The second-order valence-electron chi connectivity index (χ2n) is 7.67. The summed E-state index contributed by atoms with van der Waals surface area (Å²) in [6.07, 6.45) is -0.887.